The molecule has 4 nitrogen and oxygen atoms in total. The number of carbonyl (C=O) groups is 1. The van der Waals surface area contributed by atoms with Crippen LogP contribution in [0, 0.1) is 6.92 Å². The number of ether oxygens (including phenoxy) is 1. The molecule has 0 radical (unpaired) electrons. The lowest BCUT2D eigenvalue weighted by Gasteiger charge is -2.12. The highest BCUT2D eigenvalue weighted by atomic mass is 16.5. The number of nitrogens with one attached hydrogen (secondary N) is 2. The van der Waals surface area contributed by atoms with Crippen molar-refractivity contribution in [3.8, 4) is 5.75 Å². The fourth-order valence-electron chi connectivity index (χ4n) is 2.20. The van der Waals surface area contributed by atoms with Gasteiger partial charge in [-0.3, -0.25) is 4.79 Å². The molecule has 4 heteroatoms. The van der Waals surface area contributed by atoms with Gasteiger partial charge in [-0.25, -0.2) is 0 Å². The number of anilines is 1. The summed E-state index contributed by atoms with van der Waals surface area (Å²) in [5, 5.41) is 6.18. The van der Waals surface area contributed by atoms with Gasteiger partial charge in [-0.2, -0.15) is 0 Å². The van der Waals surface area contributed by atoms with Crippen LogP contribution >= 0.6 is 0 Å². The summed E-state index contributed by atoms with van der Waals surface area (Å²) in [6, 6.07) is 15.9. The lowest BCUT2D eigenvalue weighted by molar-refractivity contribution is -0.121. The minimum atomic E-state index is 0.0342. The summed E-state index contributed by atoms with van der Waals surface area (Å²) in [4.78, 5) is 11.9. The van der Waals surface area contributed by atoms with Gasteiger partial charge in [0.25, 0.3) is 0 Å². The average molecular weight is 312 g/mol. The molecule has 0 atom stereocenters. The molecule has 0 aliphatic rings. The van der Waals surface area contributed by atoms with Crippen molar-refractivity contribution in [3.63, 3.8) is 0 Å². The third-order valence-electron chi connectivity index (χ3n) is 3.46. The summed E-state index contributed by atoms with van der Waals surface area (Å²) in [5.74, 6) is 0.849. The zero-order chi connectivity index (χ0) is 16.5. The molecule has 0 heterocycles. The fraction of sp³-hybridized carbons (Fsp3) is 0.316. The number of amides is 1. The maximum Gasteiger partial charge on any atom is 0.222 e. The Labute approximate surface area is 137 Å². The summed E-state index contributed by atoms with van der Waals surface area (Å²) in [6.45, 7) is 5.76. The second-order valence-electron chi connectivity index (χ2n) is 5.37. The van der Waals surface area contributed by atoms with Gasteiger partial charge in [0.15, 0.2) is 0 Å². The first-order valence-corrected chi connectivity index (χ1v) is 7.97. The molecule has 2 aromatic rings. The Balaban J connectivity index is 1.73. The summed E-state index contributed by atoms with van der Waals surface area (Å²) in [5.41, 5.74) is 3.25. The van der Waals surface area contributed by atoms with Crippen LogP contribution in [0.15, 0.2) is 48.5 Å². The van der Waals surface area contributed by atoms with E-state index in [0.29, 0.717) is 26.1 Å². The topological polar surface area (TPSA) is 50.4 Å². The first-order chi connectivity index (χ1) is 11.2. The molecule has 0 unspecified atom stereocenters. The SMILES string of the molecule is CCOc1ccccc1NCCC(=O)NCc1ccc(C)cc1. The average Bonchev–Trinajstić information content (AvgIpc) is 2.56. The van der Waals surface area contributed by atoms with E-state index in [-0.39, 0.29) is 5.91 Å². The second-order valence-corrected chi connectivity index (χ2v) is 5.37. The molecule has 0 aliphatic carbocycles. The molecular formula is C19H24N2O2. The quantitative estimate of drug-likeness (QED) is 0.784. The van der Waals surface area contributed by atoms with Crippen molar-refractivity contribution in [2.24, 2.45) is 0 Å². The van der Waals surface area contributed by atoms with Crippen LogP contribution in [0.4, 0.5) is 5.69 Å². The van der Waals surface area contributed by atoms with Gasteiger partial charge in [-0.1, -0.05) is 42.0 Å². The van der Waals surface area contributed by atoms with E-state index in [1.807, 2.05) is 62.4 Å². The van der Waals surface area contributed by atoms with Crippen molar-refractivity contribution in [3.05, 3.63) is 59.7 Å². The third-order valence-corrected chi connectivity index (χ3v) is 3.46. The molecule has 2 rings (SSSR count). The molecule has 122 valence electrons. The van der Waals surface area contributed by atoms with Gasteiger partial charge in [0.1, 0.15) is 5.75 Å². The minimum absolute atomic E-state index is 0.0342. The van der Waals surface area contributed by atoms with Crippen molar-refractivity contribution in [2.45, 2.75) is 26.8 Å². The summed E-state index contributed by atoms with van der Waals surface area (Å²) in [6.07, 6.45) is 0.423. The van der Waals surface area contributed by atoms with Crippen LogP contribution in [-0.4, -0.2) is 19.1 Å². The normalized spacial score (nSPS) is 10.2. The van der Waals surface area contributed by atoms with Gasteiger partial charge in [0.05, 0.1) is 12.3 Å². The van der Waals surface area contributed by atoms with Gasteiger partial charge in [-0.15, -0.1) is 0 Å². The molecule has 0 saturated heterocycles. The van der Waals surface area contributed by atoms with Crippen LogP contribution in [0.1, 0.15) is 24.5 Å². The Morgan fingerprint density at radius 2 is 1.83 bits per heavy atom. The number of rotatable bonds is 8. The van der Waals surface area contributed by atoms with Gasteiger partial charge >= 0.3 is 0 Å². The van der Waals surface area contributed by atoms with Gasteiger partial charge < -0.3 is 15.4 Å². The van der Waals surface area contributed by atoms with Gasteiger partial charge in [0, 0.05) is 19.5 Å². The smallest absolute Gasteiger partial charge is 0.222 e. The molecule has 0 aliphatic heterocycles. The molecule has 2 aromatic carbocycles. The van der Waals surface area contributed by atoms with E-state index in [1.54, 1.807) is 0 Å². The molecule has 0 saturated carbocycles. The largest absolute Gasteiger partial charge is 0.492 e. The maximum absolute atomic E-state index is 11.9. The predicted octanol–water partition coefficient (Wildman–Crippen LogP) is 3.51. The highest BCUT2D eigenvalue weighted by Gasteiger charge is 2.04. The van der Waals surface area contributed by atoms with E-state index < -0.39 is 0 Å². The summed E-state index contributed by atoms with van der Waals surface area (Å²) in [7, 11) is 0. The lowest BCUT2D eigenvalue weighted by atomic mass is 10.1. The molecule has 1 amide bonds. The van der Waals surface area contributed by atoms with Crippen molar-refractivity contribution in [2.75, 3.05) is 18.5 Å². The standard InChI is InChI=1S/C19H24N2O2/c1-3-23-18-7-5-4-6-17(18)20-13-12-19(22)21-14-16-10-8-15(2)9-11-16/h4-11,20H,3,12-14H2,1-2H3,(H,21,22). The summed E-state index contributed by atoms with van der Waals surface area (Å²) >= 11 is 0. The number of hydrogen-bond acceptors (Lipinski definition) is 3. The highest BCUT2D eigenvalue weighted by Crippen LogP contribution is 2.23. The Bertz CT molecular complexity index is 624. The van der Waals surface area contributed by atoms with Gasteiger partial charge in [-0.05, 0) is 31.5 Å². The predicted molar refractivity (Wildman–Crippen MR) is 93.7 cm³/mol. The van der Waals surface area contributed by atoms with Crippen LogP contribution in [0.25, 0.3) is 0 Å². The molecule has 0 bridgehead atoms. The first-order valence-electron chi connectivity index (χ1n) is 7.97. The second kappa shape index (κ2) is 8.83. The van der Waals surface area contributed by atoms with E-state index in [0.717, 1.165) is 17.0 Å². The zero-order valence-corrected chi connectivity index (χ0v) is 13.8. The van der Waals surface area contributed by atoms with Crippen LogP contribution in [0.3, 0.4) is 0 Å². The van der Waals surface area contributed by atoms with Crippen LogP contribution < -0.4 is 15.4 Å². The Hall–Kier alpha value is -2.49. The Kier molecular flexibility index (Phi) is 6.48. The van der Waals surface area contributed by atoms with Crippen LogP contribution in [0.2, 0.25) is 0 Å². The molecule has 2 N–H and O–H groups in total. The molecular weight excluding hydrogens is 288 g/mol. The number of para-hydroxylation sites is 2. The monoisotopic (exact) mass is 312 g/mol. The molecule has 0 fully saturated rings. The molecule has 23 heavy (non-hydrogen) atoms. The molecule has 0 aromatic heterocycles. The van der Waals surface area contributed by atoms with E-state index in [9.17, 15) is 4.79 Å². The third kappa shape index (κ3) is 5.66. The molecule has 0 spiro atoms. The minimum Gasteiger partial charge on any atom is -0.492 e. The Morgan fingerprint density at radius 3 is 2.57 bits per heavy atom. The Morgan fingerprint density at radius 1 is 1.09 bits per heavy atom. The maximum atomic E-state index is 11.9. The van der Waals surface area contributed by atoms with E-state index in [1.165, 1.54) is 5.56 Å². The van der Waals surface area contributed by atoms with Crippen LogP contribution in [-0.2, 0) is 11.3 Å². The number of hydrogen-bond donors (Lipinski definition) is 2. The number of benzene rings is 2. The zero-order valence-electron chi connectivity index (χ0n) is 13.8. The summed E-state index contributed by atoms with van der Waals surface area (Å²) < 4.78 is 5.55. The van der Waals surface area contributed by atoms with Gasteiger partial charge in [0.2, 0.25) is 5.91 Å². The highest BCUT2D eigenvalue weighted by molar-refractivity contribution is 5.76. The first kappa shape index (κ1) is 16.9. The number of carbonyl (C=O) groups excluding carboxylic acids is 1. The van der Waals surface area contributed by atoms with E-state index in [2.05, 4.69) is 10.6 Å². The van der Waals surface area contributed by atoms with Crippen molar-refractivity contribution >= 4 is 11.6 Å². The van der Waals surface area contributed by atoms with E-state index >= 15 is 0 Å². The van der Waals surface area contributed by atoms with Crippen molar-refractivity contribution in [1.82, 2.24) is 5.32 Å². The number of aryl methyl sites for hydroxylation is 1. The lowest BCUT2D eigenvalue weighted by Crippen LogP contribution is -2.24. The van der Waals surface area contributed by atoms with Crippen molar-refractivity contribution < 1.29 is 9.53 Å². The fourth-order valence-corrected chi connectivity index (χ4v) is 2.20. The van der Waals surface area contributed by atoms with E-state index in [4.69, 9.17) is 4.74 Å². The van der Waals surface area contributed by atoms with Crippen LogP contribution in [0.5, 0.6) is 5.75 Å². The van der Waals surface area contributed by atoms with Crippen molar-refractivity contribution in [1.29, 1.82) is 0 Å².